The van der Waals surface area contributed by atoms with Gasteiger partial charge in [0, 0.05) is 48.2 Å². The molecule has 0 aliphatic carbocycles. The van der Waals surface area contributed by atoms with Crippen LogP contribution in [-0.2, 0) is 0 Å². The number of aromatic hydroxyl groups is 1. The number of benzene rings is 1. The quantitative estimate of drug-likeness (QED) is 0.532. The molecule has 3 aromatic heterocycles. The van der Waals surface area contributed by atoms with E-state index in [4.69, 9.17) is 0 Å². The topological polar surface area (TPSA) is 95.6 Å². The molecule has 9 nitrogen and oxygen atoms in total. The summed E-state index contributed by atoms with van der Waals surface area (Å²) in [5.41, 5.74) is 3.89. The number of nitrogens with zero attached hydrogens (tertiary/aromatic N) is 8. The van der Waals surface area contributed by atoms with Crippen LogP contribution < -0.4 is 4.90 Å². The molecule has 0 amide bonds. The van der Waals surface area contributed by atoms with E-state index in [0.29, 0.717) is 22.6 Å². The lowest BCUT2D eigenvalue weighted by Crippen LogP contribution is -2.60. The summed E-state index contributed by atoms with van der Waals surface area (Å²) >= 11 is 0. The normalized spacial score (nSPS) is 18.2. The van der Waals surface area contributed by atoms with E-state index >= 15 is 0 Å². The molecule has 4 aromatic rings. The minimum atomic E-state index is 0.119. The van der Waals surface area contributed by atoms with Gasteiger partial charge in [0.1, 0.15) is 11.4 Å². The van der Waals surface area contributed by atoms with Gasteiger partial charge in [-0.2, -0.15) is 0 Å². The highest BCUT2D eigenvalue weighted by molar-refractivity contribution is 5.72. The Balaban J connectivity index is 1.19. The first-order chi connectivity index (χ1) is 15.6. The van der Waals surface area contributed by atoms with Crippen LogP contribution in [0.1, 0.15) is 12.8 Å². The van der Waals surface area contributed by atoms with Crippen molar-refractivity contribution in [3.05, 3.63) is 49.2 Å². The molecule has 0 radical (unpaired) electrons. The maximum atomic E-state index is 10.6. The van der Waals surface area contributed by atoms with Gasteiger partial charge in [-0.3, -0.25) is 4.98 Å². The highest BCUT2D eigenvalue weighted by Crippen LogP contribution is 2.41. The molecule has 162 valence electrons. The van der Waals surface area contributed by atoms with Crippen molar-refractivity contribution >= 4 is 11.6 Å². The van der Waals surface area contributed by atoms with Gasteiger partial charge in [0.15, 0.2) is 5.65 Å². The number of anilines is 1. The molecule has 1 spiro atoms. The van der Waals surface area contributed by atoms with Gasteiger partial charge in [0.2, 0.25) is 5.95 Å². The summed E-state index contributed by atoms with van der Waals surface area (Å²) in [6.07, 6.45) is 11.3. The number of hydrogen-bond acceptors (Lipinski definition) is 8. The largest absolute Gasteiger partial charge is 0.507 e. The maximum absolute atomic E-state index is 10.6. The molecule has 2 aliphatic rings. The predicted molar refractivity (Wildman–Crippen MR) is 120 cm³/mol. The summed E-state index contributed by atoms with van der Waals surface area (Å²) < 4.78 is 1.90. The number of imidazole rings is 1. The number of piperidine rings is 1. The molecular formula is C23H24N8O. The summed E-state index contributed by atoms with van der Waals surface area (Å²) in [7, 11) is 2.19. The summed E-state index contributed by atoms with van der Waals surface area (Å²) in [6.45, 7) is 4.31. The summed E-state index contributed by atoms with van der Waals surface area (Å²) in [4.78, 5) is 17.8. The third-order valence-corrected chi connectivity index (χ3v) is 6.78. The first-order valence-corrected chi connectivity index (χ1v) is 10.8. The van der Waals surface area contributed by atoms with E-state index in [2.05, 4.69) is 42.0 Å². The molecule has 0 unspecified atom stereocenters. The van der Waals surface area contributed by atoms with Gasteiger partial charge in [-0.1, -0.05) is 6.07 Å². The number of likely N-dealkylation sites (tertiary alicyclic amines) is 1. The van der Waals surface area contributed by atoms with Crippen LogP contribution in [-0.4, -0.2) is 72.8 Å². The molecule has 0 bridgehead atoms. The second-order valence-electron chi connectivity index (χ2n) is 9.00. The van der Waals surface area contributed by atoms with Gasteiger partial charge in [-0.25, -0.2) is 9.97 Å². The lowest BCUT2D eigenvalue weighted by Gasteiger charge is -2.53. The molecule has 6 rings (SSSR count). The van der Waals surface area contributed by atoms with E-state index in [1.54, 1.807) is 24.7 Å². The summed E-state index contributed by atoms with van der Waals surface area (Å²) in [5.74, 6) is 0.778. The van der Waals surface area contributed by atoms with Crippen LogP contribution >= 0.6 is 0 Å². The van der Waals surface area contributed by atoms with Crippen LogP contribution in [0.2, 0.25) is 0 Å². The maximum Gasteiger partial charge on any atom is 0.245 e. The predicted octanol–water partition coefficient (Wildman–Crippen LogP) is 2.49. The second kappa shape index (κ2) is 7.23. The monoisotopic (exact) mass is 428 g/mol. The number of aromatic nitrogens is 6. The van der Waals surface area contributed by atoms with E-state index in [1.807, 2.05) is 28.9 Å². The Bertz CT molecular complexity index is 1270. The van der Waals surface area contributed by atoms with E-state index < -0.39 is 0 Å². The average Bonchev–Trinajstić information content (AvgIpc) is 3.26. The smallest absolute Gasteiger partial charge is 0.245 e. The molecule has 9 heteroatoms. The van der Waals surface area contributed by atoms with Crippen molar-refractivity contribution in [2.75, 3.05) is 38.1 Å². The Morgan fingerprint density at radius 2 is 1.81 bits per heavy atom. The first-order valence-electron chi connectivity index (χ1n) is 10.8. The Hall–Kier alpha value is -3.59. The van der Waals surface area contributed by atoms with Crippen molar-refractivity contribution in [3.63, 3.8) is 0 Å². The first kappa shape index (κ1) is 19.1. The molecule has 0 atom stereocenters. The number of phenols is 1. The van der Waals surface area contributed by atoms with Crippen LogP contribution in [0.5, 0.6) is 5.75 Å². The molecule has 32 heavy (non-hydrogen) atoms. The highest BCUT2D eigenvalue weighted by atomic mass is 16.3. The lowest BCUT2D eigenvalue weighted by molar-refractivity contribution is 0.0893. The van der Waals surface area contributed by atoms with Gasteiger partial charge >= 0.3 is 0 Å². The van der Waals surface area contributed by atoms with Crippen molar-refractivity contribution < 1.29 is 5.11 Å². The summed E-state index contributed by atoms with van der Waals surface area (Å²) in [6, 6.07) is 5.43. The fraction of sp³-hybridized carbons (Fsp3) is 0.348. The molecule has 2 saturated heterocycles. The molecular weight excluding hydrogens is 404 g/mol. The second-order valence-corrected chi connectivity index (χ2v) is 9.00. The van der Waals surface area contributed by atoms with Crippen LogP contribution in [0.3, 0.4) is 0 Å². The standard InChI is InChI=1S/C23H24N8O/c1-29-7-4-23(5-8-29)14-31(15-23)22-26-11-18(27-28-22)17-3-2-16(10-20(17)32)19-13-30-9-6-24-21(30)12-25-19/h2-3,6,9-13,32H,4-5,7-8,14-15H2,1H3. The molecule has 2 fully saturated rings. The number of rotatable bonds is 3. The Labute approximate surface area is 185 Å². The fourth-order valence-electron chi connectivity index (χ4n) is 4.73. The Kier molecular flexibility index (Phi) is 4.32. The highest BCUT2D eigenvalue weighted by Gasteiger charge is 2.45. The fourth-order valence-corrected chi connectivity index (χ4v) is 4.73. The zero-order valence-corrected chi connectivity index (χ0v) is 17.9. The SMILES string of the molecule is CN1CCC2(CC1)CN(c1ncc(-c3ccc(-c4cn5ccnc5cn4)cc3O)nn1)C2. The van der Waals surface area contributed by atoms with Crippen LogP contribution in [0.25, 0.3) is 28.2 Å². The van der Waals surface area contributed by atoms with Gasteiger partial charge in [-0.05, 0) is 45.1 Å². The van der Waals surface area contributed by atoms with Crippen molar-refractivity contribution in [2.45, 2.75) is 12.8 Å². The molecule has 2 aliphatic heterocycles. The van der Waals surface area contributed by atoms with Gasteiger partial charge in [0.25, 0.3) is 0 Å². The molecule has 0 saturated carbocycles. The van der Waals surface area contributed by atoms with E-state index in [9.17, 15) is 5.11 Å². The Morgan fingerprint density at radius 1 is 0.969 bits per heavy atom. The number of fused-ring (bicyclic) bond motifs is 1. The van der Waals surface area contributed by atoms with Crippen molar-refractivity contribution in [1.82, 2.24) is 34.4 Å². The zero-order chi connectivity index (χ0) is 21.7. The van der Waals surface area contributed by atoms with Gasteiger partial charge < -0.3 is 19.3 Å². The number of phenolic OH excluding ortho intramolecular Hbond substituents is 1. The van der Waals surface area contributed by atoms with E-state index in [-0.39, 0.29) is 5.75 Å². The minimum Gasteiger partial charge on any atom is -0.507 e. The van der Waals surface area contributed by atoms with Crippen molar-refractivity contribution in [1.29, 1.82) is 0 Å². The molecule has 1 N–H and O–H groups in total. The van der Waals surface area contributed by atoms with Gasteiger partial charge in [0.05, 0.1) is 18.1 Å². The Morgan fingerprint density at radius 3 is 2.56 bits per heavy atom. The van der Waals surface area contributed by atoms with E-state index in [1.165, 1.54) is 12.8 Å². The van der Waals surface area contributed by atoms with Crippen molar-refractivity contribution in [3.8, 4) is 28.3 Å². The molecule has 1 aromatic carbocycles. The van der Waals surface area contributed by atoms with Gasteiger partial charge in [-0.15, -0.1) is 10.2 Å². The third kappa shape index (κ3) is 3.25. The summed E-state index contributed by atoms with van der Waals surface area (Å²) in [5, 5.41) is 19.3. The van der Waals surface area contributed by atoms with Crippen molar-refractivity contribution in [2.24, 2.45) is 5.41 Å². The third-order valence-electron chi connectivity index (χ3n) is 6.78. The van der Waals surface area contributed by atoms with Crippen LogP contribution in [0, 0.1) is 5.41 Å². The average molecular weight is 429 g/mol. The van der Waals surface area contributed by atoms with Crippen LogP contribution in [0.4, 0.5) is 5.95 Å². The zero-order valence-electron chi connectivity index (χ0n) is 17.9. The lowest BCUT2D eigenvalue weighted by atomic mass is 9.72. The van der Waals surface area contributed by atoms with E-state index in [0.717, 1.165) is 43.1 Å². The van der Waals surface area contributed by atoms with Crippen LogP contribution in [0.15, 0.2) is 49.2 Å². The minimum absolute atomic E-state index is 0.119. The molecule has 5 heterocycles. The number of hydrogen-bond donors (Lipinski definition) is 1.